The fourth-order valence-electron chi connectivity index (χ4n) is 2.02. The second-order valence-corrected chi connectivity index (χ2v) is 5.69. The van der Waals surface area contributed by atoms with Crippen molar-refractivity contribution < 1.29 is 0 Å². The summed E-state index contributed by atoms with van der Waals surface area (Å²) >= 11 is 3.58. The number of benzene rings is 2. The third-order valence-electron chi connectivity index (χ3n) is 2.90. The maximum Gasteiger partial charge on any atom is 0.0348 e. The van der Waals surface area contributed by atoms with Crippen LogP contribution in [0.5, 0.6) is 0 Å². The summed E-state index contributed by atoms with van der Waals surface area (Å²) in [5.74, 6) is 0. The summed E-state index contributed by atoms with van der Waals surface area (Å²) in [6.07, 6.45) is 2.11. The molecule has 3 aromatic rings. The number of hydrogen-bond donors (Lipinski definition) is 0. The Bertz CT molecular complexity index is 635. The molecule has 0 saturated heterocycles. The van der Waals surface area contributed by atoms with Gasteiger partial charge in [-0.1, -0.05) is 24.3 Å². The van der Waals surface area contributed by atoms with Gasteiger partial charge in [0.05, 0.1) is 0 Å². The van der Waals surface area contributed by atoms with Crippen LogP contribution < -0.4 is 0 Å². The minimum atomic E-state index is 1.30. The van der Waals surface area contributed by atoms with Crippen LogP contribution in [0.15, 0.2) is 58.8 Å². The molecule has 0 aliphatic carbocycles. The Morgan fingerprint density at radius 1 is 0.941 bits per heavy atom. The summed E-state index contributed by atoms with van der Waals surface area (Å²) in [4.78, 5) is 1.31. The SMILES string of the molecule is CSc1ccc(-c2cccc3sccc23)cc1. The molecular weight excluding hydrogens is 244 g/mol. The van der Waals surface area contributed by atoms with Crippen molar-refractivity contribution in [2.75, 3.05) is 6.26 Å². The van der Waals surface area contributed by atoms with Gasteiger partial charge in [0.2, 0.25) is 0 Å². The number of hydrogen-bond acceptors (Lipinski definition) is 2. The first-order valence-corrected chi connectivity index (χ1v) is 7.59. The second-order valence-electron chi connectivity index (χ2n) is 3.87. The van der Waals surface area contributed by atoms with Gasteiger partial charge in [0.25, 0.3) is 0 Å². The predicted molar refractivity (Wildman–Crippen MR) is 79.0 cm³/mol. The molecule has 17 heavy (non-hydrogen) atoms. The highest BCUT2D eigenvalue weighted by Gasteiger charge is 2.04. The molecule has 0 fully saturated rings. The van der Waals surface area contributed by atoms with Gasteiger partial charge in [0.15, 0.2) is 0 Å². The van der Waals surface area contributed by atoms with Crippen molar-refractivity contribution >= 4 is 33.2 Å². The number of fused-ring (bicyclic) bond motifs is 1. The zero-order valence-corrected chi connectivity index (χ0v) is 11.1. The van der Waals surface area contributed by atoms with Gasteiger partial charge in [0, 0.05) is 15.0 Å². The van der Waals surface area contributed by atoms with Crippen molar-refractivity contribution in [3.63, 3.8) is 0 Å². The highest BCUT2D eigenvalue weighted by molar-refractivity contribution is 7.98. The lowest BCUT2D eigenvalue weighted by atomic mass is 10.0. The Hall–Kier alpha value is -1.25. The Morgan fingerprint density at radius 3 is 2.53 bits per heavy atom. The van der Waals surface area contributed by atoms with Gasteiger partial charge < -0.3 is 0 Å². The molecule has 3 rings (SSSR count). The fourth-order valence-corrected chi connectivity index (χ4v) is 3.24. The van der Waals surface area contributed by atoms with Gasteiger partial charge >= 0.3 is 0 Å². The average molecular weight is 256 g/mol. The molecule has 0 aliphatic rings. The predicted octanol–water partition coefficient (Wildman–Crippen LogP) is 5.29. The maximum absolute atomic E-state index is 2.21. The molecule has 1 heterocycles. The quantitative estimate of drug-likeness (QED) is 0.561. The Morgan fingerprint density at radius 2 is 1.76 bits per heavy atom. The zero-order chi connectivity index (χ0) is 11.7. The van der Waals surface area contributed by atoms with Gasteiger partial charge in [-0.15, -0.1) is 23.1 Å². The Labute approximate surface area is 109 Å². The van der Waals surface area contributed by atoms with Gasteiger partial charge in [-0.3, -0.25) is 0 Å². The lowest BCUT2D eigenvalue weighted by molar-refractivity contribution is 1.47. The van der Waals surface area contributed by atoms with E-state index in [9.17, 15) is 0 Å². The number of thioether (sulfide) groups is 1. The molecule has 0 unspecified atom stereocenters. The first kappa shape index (κ1) is 10.9. The smallest absolute Gasteiger partial charge is 0.0348 e. The fraction of sp³-hybridized carbons (Fsp3) is 0.0667. The standard InChI is InChI=1S/C15H12S2/c1-16-12-7-5-11(6-8-12)13-3-2-4-15-14(13)9-10-17-15/h2-10H,1H3. The van der Waals surface area contributed by atoms with Crippen LogP contribution in [0.3, 0.4) is 0 Å². The minimum absolute atomic E-state index is 1.30. The molecule has 0 spiro atoms. The highest BCUT2D eigenvalue weighted by Crippen LogP contribution is 2.32. The third-order valence-corrected chi connectivity index (χ3v) is 4.52. The van der Waals surface area contributed by atoms with Crippen molar-refractivity contribution in [1.82, 2.24) is 0 Å². The summed E-state index contributed by atoms with van der Waals surface area (Å²) in [5, 5.41) is 3.51. The van der Waals surface area contributed by atoms with E-state index in [0.29, 0.717) is 0 Å². The topological polar surface area (TPSA) is 0 Å². The normalized spacial score (nSPS) is 10.9. The zero-order valence-electron chi connectivity index (χ0n) is 9.51. The van der Waals surface area contributed by atoms with Gasteiger partial charge in [0.1, 0.15) is 0 Å². The molecule has 0 aliphatic heterocycles. The van der Waals surface area contributed by atoms with Gasteiger partial charge in [-0.2, -0.15) is 0 Å². The van der Waals surface area contributed by atoms with Crippen LogP contribution in [0.1, 0.15) is 0 Å². The summed E-state index contributed by atoms with van der Waals surface area (Å²) in [5.41, 5.74) is 2.63. The third kappa shape index (κ3) is 1.99. The van der Waals surface area contributed by atoms with Crippen LogP contribution in [0.25, 0.3) is 21.2 Å². The van der Waals surface area contributed by atoms with Crippen molar-refractivity contribution in [2.45, 2.75) is 4.90 Å². The lowest BCUT2D eigenvalue weighted by Gasteiger charge is -2.04. The van der Waals surface area contributed by atoms with Crippen LogP contribution in [-0.2, 0) is 0 Å². The minimum Gasteiger partial charge on any atom is -0.144 e. The Balaban J connectivity index is 2.16. The summed E-state index contributed by atoms with van der Waals surface area (Å²) in [6, 6.07) is 17.5. The van der Waals surface area contributed by atoms with Crippen LogP contribution in [-0.4, -0.2) is 6.26 Å². The molecule has 2 heteroatoms. The van der Waals surface area contributed by atoms with Crippen LogP contribution in [0.4, 0.5) is 0 Å². The molecule has 0 bridgehead atoms. The van der Waals surface area contributed by atoms with E-state index in [1.165, 1.54) is 26.1 Å². The molecule has 0 N–H and O–H groups in total. The molecular formula is C15H12S2. The van der Waals surface area contributed by atoms with Crippen LogP contribution in [0.2, 0.25) is 0 Å². The van der Waals surface area contributed by atoms with Crippen LogP contribution in [0, 0.1) is 0 Å². The monoisotopic (exact) mass is 256 g/mol. The van der Waals surface area contributed by atoms with Gasteiger partial charge in [-0.05, 0) is 47.0 Å². The number of rotatable bonds is 2. The second kappa shape index (κ2) is 4.55. The van der Waals surface area contributed by atoms with E-state index >= 15 is 0 Å². The molecule has 84 valence electrons. The van der Waals surface area contributed by atoms with Crippen molar-refractivity contribution in [3.8, 4) is 11.1 Å². The van der Waals surface area contributed by atoms with Crippen molar-refractivity contribution in [1.29, 1.82) is 0 Å². The van der Waals surface area contributed by atoms with E-state index in [1.807, 2.05) is 0 Å². The molecule has 2 aromatic carbocycles. The molecule has 0 saturated carbocycles. The molecule has 0 atom stereocenters. The van der Waals surface area contributed by atoms with E-state index in [1.54, 1.807) is 23.1 Å². The largest absolute Gasteiger partial charge is 0.144 e. The lowest BCUT2D eigenvalue weighted by Crippen LogP contribution is -1.78. The molecule has 1 aromatic heterocycles. The first-order chi connectivity index (χ1) is 8.38. The number of thiophene rings is 1. The van der Waals surface area contributed by atoms with E-state index in [0.717, 1.165) is 0 Å². The first-order valence-electron chi connectivity index (χ1n) is 5.49. The van der Waals surface area contributed by atoms with Crippen LogP contribution >= 0.6 is 23.1 Å². The van der Waals surface area contributed by atoms with E-state index in [4.69, 9.17) is 0 Å². The maximum atomic E-state index is 2.21. The molecule has 0 radical (unpaired) electrons. The van der Waals surface area contributed by atoms with E-state index < -0.39 is 0 Å². The Kier molecular flexibility index (Phi) is 2.91. The molecule has 0 nitrogen and oxygen atoms in total. The summed E-state index contributed by atoms with van der Waals surface area (Å²) in [7, 11) is 0. The van der Waals surface area contributed by atoms with Crippen molar-refractivity contribution in [2.24, 2.45) is 0 Å². The summed E-state index contributed by atoms with van der Waals surface area (Å²) in [6.45, 7) is 0. The van der Waals surface area contributed by atoms with E-state index in [2.05, 4.69) is 60.2 Å². The summed E-state index contributed by atoms with van der Waals surface area (Å²) < 4.78 is 1.36. The molecule has 0 amide bonds. The van der Waals surface area contributed by atoms with Gasteiger partial charge in [-0.25, -0.2) is 0 Å². The van der Waals surface area contributed by atoms with Crippen molar-refractivity contribution in [3.05, 3.63) is 53.9 Å². The van der Waals surface area contributed by atoms with E-state index in [-0.39, 0.29) is 0 Å². The highest BCUT2D eigenvalue weighted by atomic mass is 32.2. The average Bonchev–Trinajstić information content (AvgIpc) is 2.87.